The first-order valence-corrected chi connectivity index (χ1v) is 10.0. The SMILES string of the molecule is Cc1ccc(-c2n[nH]c(=S)n2CCC(=O)N2CCN(c3cnccn3)CC2)cc1. The van der Waals surface area contributed by atoms with Crippen LogP contribution in [0.1, 0.15) is 12.0 Å². The summed E-state index contributed by atoms with van der Waals surface area (Å²) in [5, 5.41) is 7.20. The lowest BCUT2D eigenvalue weighted by molar-refractivity contribution is -0.131. The van der Waals surface area contributed by atoms with Gasteiger partial charge in [-0.1, -0.05) is 29.8 Å². The van der Waals surface area contributed by atoms with E-state index in [9.17, 15) is 4.79 Å². The normalized spacial score (nSPS) is 14.2. The first-order valence-electron chi connectivity index (χ1n) is 9.63. The van der Waals surface area contributed by atoms with Gasteiger partial charge in [0, 0.05) is 57.1 Å². The van der Waals surface area contributed by atoms with Crippen LogP contribution in [0.2, 0.25) is 0 Å². The lowest BCUT2D eigenvalue weighted by Gasteiger charge is -2.35. The van der Waals surface area contributed by atoms with Crippen LogP contribution in [0.3, 0.4) is 0 Å². The van der Waals surface area contributed by atoms with Crippen molar-refractivity contribution in [3.05, 3.63) is 53.2 Å². The van der Waals surface area contributed by atoms with Gasteiger partial charge in [0.15, 0.2) is 10.6 Å². The molecule has 8 nitrogen and oxygen atoms in total. The minimum atomic E-state index is 0.127. The molecule has 4 rings (SSSR count). The maximum absolute atomic E-state index is 12.7. The van der Waals surface area contributed by atoms with Gasteiger partial charge >= 0.3 is 0 Å². The topological polar surface area (TPSA) is 82.9 Å². The predicted molar refractivity (Wildman–Crippen MR) is 113 cm³/mol. The zero-order valence-electron chi connectivity index (χ0n) is 16.3. The third-order valence-corrected chi connectivity index (χ3v) is 5.43. The van der Waals surface area contributed by atoms with Crippen LogP contribution in [0.15, 0.2) is 42.9 Å². The number of piperazine rings is 1. The summed E-state index contributed by atoms with van der Waals surface area (Å²) in [6, 6.07) is 8.12. The molecule has 1 saturated heterocycles. The standard InChI is InChI=1S/C20H23N7OS/c1-15-2-4-16(5-3-15)19-23-24-20(29)27(19)9-6-18(28)26-12-10-25(11-13-26)17-14-21-7-8-22-17/h2-5,7-8,14H,6,9-13H2,1H3,(H,24,29). The number of aromatic nitrogens is 5. The smallest absolute Gasteiger partial charge is 0.224 e. The summed E-state index contributed by atoms with van der Waals surface area (Å²) in [6.07, 6.45) is 5.49. The molecule has 1 amide bonds. The molecule has 1 aromatic carbocycles. The molecule has 1 N–H and O–H groups in total. The van der Waals surface area contributed by atoms with Crippen molar-refractivity contribution in [1.29, 1.82) is 0 Å². The van der Waals surface area contributed by atoms with Crippen LogP contribution in [0.4, 0.5) is 5.82 Å². The minimum absolute atomic E-state index is 0.127. The second-order valence-corrected chi connectivity index (χ2v) is 7.44. The first-order chi connectivity index (χ1) is 14.1. The second kappa shape index (κ2) is 8.52. The fourth-order valence-electron chi connectivity index (χ4n) is 3.45. The second-order valence-electron chi connectivity index (χ2n) is 7.05. The van der Waals surface area contributed by atoms with Gasteiger partial charge in [-0.15, -0.1) is 0 Å². The Kier molecular flexibility index (Phi) is 5.66. The maximum atomic E-state index is 12.7. The van der Waals surface area contributed by atoms with Crippen molar-refractivity contribution < 1.29 is 4.79 Å². The van der Waals surface area contributed by atoms with E-state index in [1.54, 1.807) is 18.6 Å². The van der Waals surface area contributed by atoms with Gasteiger partial charge in [-0.05, 0) is 19.1 Å². The molecule has 150 valence electrons. The number of hydrogen-bond acceptors (Lipinski definition) is 6. The van der Waals surface area contributed by atoms with E-state index in [0.29, 0.717) is 30.8 Å². The fraction of sp³-hybridized carbons (Fsp3) is 0.350. The average molecular weight is 410 g/mol. The van der Waals surface area contributed by atoms with Crippen molar-refractivity contribution >= 4 is 23.9 Å². The van der Waals surface area contributed by atoms with Crippen LogP contribution in [0.25, 0.3) is 11.4 Å². The summed E-state index contributed by atoms with van der Waals surface area (Å²) in [5.74, 6) is 1.74. The van der Waals surface area contributed by atoms with E-state index in [4.69, 9.17) is 12.2 Å². The van der Waals surface area contributed by atoms with Gasteiger partial charge in [0.2, 0.25) is 5.91 Å². The molecule has 0 spiro atoms. The number of carbonyl (C=O) groups excluding carboxylic acids is 1. The van der Waals surface area contributed by atoms with Gasteiger partial charge in [0.1, 0.15) is 5.82 Å². The molecule has 0 saturated carbocycles. The number of aromatic amines is 1. The number of hydrogen-bond donors (Lipinski definition) is 1. The van der Waals surface area contributed by atoms with Crippen LogP contribution < -0.4 is 4.90 Å². The summed E-state index contributed by atoms with van der Waals surface area (Å²) < 4.78 is 2.43. The molecule has 0 radical (unpaired) electrons. The number of H-pyrrole nitrogens is 1. The van der Waals surface area contributed by atoms with E-state index in [1.165, 1.54) is 5.56 Å². The highest BCUT2D eigenvalue weighted by atomic mass is 32.1. The van der Waals surface area contributed by atoms with Crippen molar-refractivity contribution in [1.82, 2.24) is 29.6 Å². The highest BCUT2D eigenvalue weighted by Gasteiger charge is 2.22. The summed E-state index contributed by atoms with van der Waals surface area (Å²) in [4.78, 5) is 25.2. The minimum Gasteiger partial charge on any atom is -0.352 e. The van der Waals surface area contributed by atoms with E-state index in [0.717, 1.165) is 30.3 Å². The Morgan fingerprint density at radius 1 is 1.14 bits per heavy atom. The van der Waals surface area contributed by atoms with Crippen molar-refractivity contribution in [2.45, 2.75) is 19.9 Å². The third kappa shape index (κ3) is 4.34. The summed E-state index contributed by atoms with van der Waals surface area (Å²) in [5.41, 5.74) is 2.17. The monoisotopic (exact) mass is 409 g/mol. The van der Waals surface area contributed by atoms with E-state index < -0.39 is 0 Å². The average Bonchev–Trinajstić information content (AvgIpc) is 3.13. The molecule has 0 unspecified atom stereocenters. The summed E-state index contributed by atoms with van der Waals surface area (Å²) >= 11 is 5.38. The molecule has 3 heterocycles. The summed E-state index contributed by atoms with van der Waals surface area (Å²) in [7, 11) is 0. The van der Waals surface area contributed by atoms with E-state index in [1.807, 2.05) is 40.7 Å². The Labute approximate surface area is 174 Å². The third-order valence-electron chi connectivity index (χ3n) is 5.12. The van der Waals surface area contributed by atoms with E-state index in [-0.39, 0.29) is 5.91 Å². The molecule has 0 aliphatic carbocycles. The fourth-order valence-corrected chi connectivity index (χ4v) is 3.68. The molecule has 0 bridgehead atoms. The number of rotatable bonds is 5. The number of nitrogens with zero attached hydrogens (tertiary/aromatic N) is 6. The molecule has 1 aliphatic rings. The lowest BCUT2D eigenvalue weighted by atomic mass is 10.1. The molecule has 29 heavy (non-hydrogen) atoms. The number of benzene rings is 1. The van der Waals surface area contributed by atoms with Crippen molar-refractivity contribution in [2.75, 3.05) is 31.1 Å². The molecular weight excluding hydrogens is 386 g/mol. The molecule has 2 aromatic heterocycles. The largest absolute Gasteiger partial charge is 0.352 e. The van der Waals surface area contributed by atoms with Gasteiger partial charge in [-0.3, -0.25) is 19.4 Å². The van der Waals surface area contributed by atoms with Crippen molar-refractivity contribution in [3.8, 4) is 11.4 Å². The summed E-state index contributed by atoms with van der Waals surface area (Å²) in [6.45, 7) is 5.41. The van der Waals surface area contributed by atoms with Crippen LogP contribution in [-0.2, 0) is 11.3 Å². The Hall–Kier alpha value is -3.07. The number of carbonyl (C=O) groups is 1. The van der Waals surface area contributed by atoms with Crippen molar-refractivity contribution in [3.63, 3.8) is 0 Å². The van der Waals surface area contributed by atoms with Gasteiger partial charge in [-0.2, -0.15) is 5.10 Å². The number of nitrogens with one attached hydrogen (secondary N) is 1. The number of anilines is 1. The highest BCUT2D eigenvalue weighted by molar-refractivity contribution is 7.71. The Balaban J connectivity index is 1.37. The van der Waals surface area contributed by atoms with Gasteiger partial charge in [0.05, 0.1) is 6.20 Å². The van der Waals surface area contributed by atoms with Crippen molar-refractivity contribution in [2.24, 2.45) is 0 Å². The molecule has 3 aromatic rings. The van der Waals surface area contributed by atoms with Gasteiger partial charge in [0.25, 0.3) is 0 Å². The van der Waals surface area contributed by atoms with Crippen LogP contribution in [-0.4, -0.2) is 61.7 Å². The van der Waals surface area contributed by atoms with Gasteiger partial charge < -0.3 is 9.80 Å². The Bertz CT molecular complexity index is 1020. The first kappa shape index (κ1) is 19.3. The molecule has 0 atom stereocenters. The lowest BCUT2D eigenvalue weighted by Crippen LogP contribution is -2.49. The van der Waals surface area contributed by atoms with E-state index in [2.05, 4.69) is 25.1 Å². The Morgan fingerprint density at radius 2 is 1.90 bits per heavy atom. The Morgan fingerprint density at radius 3 is 2.59 bits per heavy atom. The molecule has 9 heteroatoms. The predicted octanol–water partition coefficient (Wildman–Crippen LogP) is 2.45. The quantitative estimate of drug-likeness (QED) is 0.652. The number of amides is 1. The van der Waals surface area contributed by atoms with E-state index >= 15 is 0 Å². The zero-order chi connectivity index (χ0) is 20.2. The maximum Gasteiger partial charge on any atom is 0.224 e. The molecule has 1 fully saturated rings. The molecule has 1 aliphatic heterocycles. The van der Waals surface area contributed by atoms with Gasteiger partial charge in [-0.25, -0.2) is 4.98 Å². The highest BCUT2D eigenvalue weighted by Crippen LogP contribution is 2.19. The zero-order valence-corrected chi connectivity index (χ0v) is 17.1. The van der Waals surface area contributed by atoms with Crippen LogP contribution >= 0.6 is 12.2 Å². The molecular formula is C20H23N7OS. The van der Waals surface area contributed by atoms with Crippen LogP contribution in [0.5, 0.6) is 0 Å². The number of aryl methyl sites for hydroxylation is 1. The van der Waals surface area contributed by atoms with Crippen LogP contribution in [0, 0.1) is 11.7 Å².